The third-order valence-electron chi connectivity index (χ3n) is 3.84. The van der Waals surface area contributed by atoms with Crippen LogP contribution in [0.3, 0.4) is 0 Å². The molecule has 2 N–H and O–H groups in total. The summed E-state index contributed by atoms with van der Waals surface area (Å²) in [6.45, 7) is 0. The second-order valence-electron chi connectivity index (χ2n) is 4.82. The van der Waals surface area contributed by atoms with Crippen molar-refractivity contribution in [1.82, 2.24) is 10.1 Å². The molecule has 1 aromatic heterocycles. The molecule has 3 rings (SSSR count). The molecule has 2 unspecified atom stereocenters. The van der Waals surface area contributed by atoms with Crippen LogP contribution in [0.1, 0.15) is 36.9 Å². The van der Waals surface area contributed by atoms with E-state index in [0.29, 0.717) is 11.7 Å². The van der Waals surface area contributed by atoms with Gasteiger partial charge in [-0.2, -0.15) is 16.7 Å². The average Bonchev–Trinajstić information content (AvgIpc) is 2.86. The maximum atomic E-state index is 6.03. The largest absolute Gasteiger partial charge is 0.370 e. The van der Waals surface area contributed by atoms with Crippen LogP contribution < -0.4 is 5.73 Å². The van der Waals surface area contributed by atoms with Crippen LogP contribution in [0.5, 0.6) is 0 Å². The van der Waals surface area contributed by atoms with E-state index in [0.717, 1.165) is 30.8 Å². The molecule has 0 radical (unpaired) electrons. The molecule has 2 atom stereocenters. The zero-order valence-electron chi connectivity index (χ0n) is 9.89. The van der Waals surface area contributed by atoms with Crippen molar-refractivity contribution in [1.29, 1.82) is 0 Å². The Morgan fingerprint density at radius 2 is 2.29 bits per heavy atom. The highest BCUT2D eigenvalue weighted by molar-refractivity contribution is 7.99. The lowest BCUT2D eigenvalue weighted by atomic mass is 9.79. The smallest absolute Gasteiger partial charge is 0.232 e. The highest BCUT2D eigenvalue weighted by Gasteiger charge is 2.44. The highest BCUT2D eigenvalue weighted by Crippen LogP contribution is 2.43. The minimum absolute atomic E-state index is 0.133. The van der Waals surface area contributed by atoms with Gasteiger partial charge in [0.25, 0.3) is 0 Å². The van der Waals surface area contributed by atoms with E-state index >= 15 is 0 Å². The number of ether oxygens (including phenoxy) is 1. The minimum Gasteiger partial charge on any atom is -0.370 e. The summed E-state index contributed by atoms with van der Waals surface area (Å²) < 4.78 is 10.9. The lowest BCUT2D eigenvalue weighted by Crippen LogP contribution is -2.37. The Bertz CT molecular complexity index is 400. The van der Waals surface area contributed by atoms with Gasteiger partial charge in [-0.15, -0.1) is 0 Å². The van der Waals surface area contributed by atoms with E-state index in [1.807, 2.05) is 11.8 Å². The van der Waals surface area contributed by atoms with Gasteiger partial charge in [0.1, 0.15) is 5.60 Å². The lowest BCUT2D eigenvalue weighted by molar-refractivity contribution is -0.0858. The molecule has 1 saturated carbocycles. The van der Waals surface area contributed by atoms with Crippen LogP contribution in [0.25, 0.3) is 0 Å². The van der Waals surface area contributed by atoms with E-state index in [-0.39, 0.29) is 17.6 Å². The summed E-state index contributed by atoms with van der Waals surface area (Å²) in [6.07, 6.45) is 3.12. The molecule has 1 aliphatic heterocycles. The van der Waals surface area contributed by atoms with Gasteiger partial charge < -0.3 is 15.0 Å². The maximum Gasteiger partial charge on any atom is 0.232 e. The lowest BCUT2D eigenvalue weighted by Gasteiger charge is -2.37. The van der Waals surface area contributed by atoms with Crippen molar-refractivity contribution < 1.29 is 9.26 Å². The monoisotopic (exact) mass is 255 g/mol. The molecule has 0 amide bonds. The van der Waals surface area contributed by atoms with Gasteiger partial charge in [-0.05, 0) is 19.3 Å². The summed E-state index contributed by atoms with van der Waals surface area (Å²) in [6, 6.07) is 0.133. The van der Waals surface area contributed by atoms with Crippen LogP contribution in [0, 0.1) is 0 Å². The van der Waals surface area contributed by atoms with Gasteiger partial charge in [-0.1, -0.05) is 5.16 Å². The summed E-state index contributed by atoms with van der Waals surface area (Å²) in [5.41, 5.74) is 5.73. The van der Waals surface area contributed by atoms with E-state index in [1.54, 1.807) is 7.11 Å². The molecule has 2 aliphatic rings. The molecule has 94 valence electrons. The number of rotatable bonds is 3. The number of thioether (sulfide) groups is 1. The van der Waals surface area contributed by atoms with Gasteiger partial charge in [-0.25, -0.2) is 0 Å². The standard InChI is InChI=1S/C11H17N3O2S/c1-15-11(3-2-4-11)10-13-9(16-14-10)7-5-17-6-8(7)12/h7-8H,2-6,12H2,1H3. The maximum absolute atomic E-state index is 6.03. The van der Waals surface area contributed by atoms with Gasteiger partial charge in [0, 0.05) is 24.7 Å². The first kappa shape index (κ1) is 11.5. The van der Waals surface area contributed by atoms with E-state index in [1.165, 1.54) is 0 Å². The van der Waals surface area contributed by atoms with Gasteiger partial charge in [-0.3, -0.25) is 0 Å². The third kappa shape index (κ3) is 1.78. The first-order valence-electron chi connectivity index (χ1n) is 5.98. The second kappa shape index (κ2) is 4.26. The summed E-state index contributed by atoms with van der Waals surface area (Å²) in [7, 11) is 1.71. The van der Waals surface area contributed by atoms with Crippen molar-refractivity contribution in [3.63, 3.8) is 0 Å². The topological polar surface area (TPSA) is 74.2 Å². The van der Waals surface area contributed by atoms with Crippen molar-refractivity contribution in [2.24, 2.45) is 5.73 Å². The van der Waals surface area contributed by atoms with Crippen LogP contribution in [0.4, 0.5) is 0 Å². The number of methoxy groups -OCH3 is 1. The first-order chi connectivity index (χ1) is 8.25. The molecule has 0 spiro atoms. The molecule has 0 bridgehead atoms. The Hall–Kier alpha value is -0.590. The van der Waals surface area contributed by atoms with Crippen LogP contribution in [0.15, 0.2) is 4.52 Å². The predicted octanol–water partition coefficient (Wildman–Crippen LogP) is 1.25. The van der Waals surface area contributed by atoms with Gasteiger partial charge in [0.05, 0.1) is 5.92 Å². The molecule has 1 aromatic rings. The minimum atomic E-state index is -0.294. The quantitative estimate of drug-likeness (QED) is 0.876. The summed E-state index contributed by atoms with van der Waals surface area (Å²) >= 11 is 1.84. The molecule has 0 aromatic carbocycles. The van der Waals surface area contributed by atoms with Crippen molar-refractivity contribution in [3.05, 3.63) is 11.7 Å². The number of aromatic nitrogens is 2. The highest BCUT2D eigenvalue weighted by atomic mass is 32.2. The normalized spacial score (nSPS) is 31.4. The molecule has 1 aliphatic carbocycles. The Kier molecular flexibility index (Phi) is 2.88. The molecule has 6 heteroatoms. The molecule has 5 nitrogen and oxygen atoms in total. The van der Waals surface area contributed by atoms with Crippen molar-refractivity contribution >= 4 is 11.8 Å². The fourth-order valence-corrected chi connectivity index (χ4v) is 3.70. The van der Waals surface area contributed by atoms with Crippen molar-refractivity contribution in [2.75, 3.05) is 18.6 Å². The predicted molar refractivity (Wildman–Crippen MR) is 64.9 cm³/mol. The molecule has 1 saturated heterocycles. The fourth-order valence-electron chi connectivity index (χ4n) is 2.41. The molecule has 2 heterocycles. The summed E-state index contributed by atoms with van der Waals surface area (Å²) in [5, 5.41) is 4.08. The zero-order valence-corrected chi connectivity index (χ0v) is 10.7. The average molecular weight is 255 g/mol. The number of hydrogen-bond acceptors (Lipinski definition) is 6. The Morgan fingerprint density at radius 1 is 1.47 bits per heavy atom. The van der Waals surface area contributed by atoms with E-state index < -0.39 is 0 Å². The van der Waals surface area contributed by atoms with Crippen LogP contribution in [0.2, 0.25) is 0 Å². The van der Waals surface area contributed by atoms with Gasteiger partial charge in [0.15, 0.2) is 0 Å². The number of nitrogens with two attached hydrogens (primary N) is 1. The SMILES string of the molecule is COC1(c2noc(C3CSCC3N)n2)CCC1. The number of hydrogen-bond donors (Lipinski definition) is 1. The van der Waals surface area contributed by atoms with Crippen molar-refractivity contribution in [3.8, 4) is 0 Å². The Morgan fingerprint density at radius 3 is 2.82 bits per heavy atom. The molecule has 17 heavy (non-hydrogen) atoms. The van der Waals surface area contributed by atoms with Crippen molar-refractivity contribution in [2.45, 2.75) is 36.8 Å². The third-order valence-corrected chi connectivity index (χ3v) is 5.06. The summed E-state index contributed by atoms with van der Waals surface area (Å²) in [5.74, 6) is 3.53. The first-order valence-corrected chi connectivity index (χ1v) is 7.13. The molecule has 2 fully saturated rings. The Balaban J connectivity index is 1.82. The van der Waals surface area contributed by atoms with Crippen LogP contribution >= 0.6 is 11.8 Å². The number of nitrogens with zero attached hydrogens (tertiary/aromatic N) is 2. The van der Waals surface area contributed by atoms with E-state index in [2.05, 4.69) is 10.1 Å². The van der Waals surface area contributed by atoms with E-state index in [4.69, 9.17) is 15.0 Å². The Labute approximate surface area is 104 Å². The van der Waals surface area contributed by atoms with Gasteiger partial charge in [0.2, 0.25) is 11.7 Å². The second-order valence-corrected chi connectivity index (χ2v) is 5.89. The summed E-state index contributed by atoms with van der Waals surface area (Å²) in [4.78, 5) is 4.51. The van der Waals surface area contributed by atoms with E-state index in [9.17, 15) is 0 Å². The van der Waals surface area contributed by atoms with Gasteiger partial charge >= 0.3 is 0 Å². The molecular formula is C11H17N3O2S. The van der Waals surface area contributed by atoms with Crippen LogP contribution in [-0.4, -0.2) is 34.8 Å². The fraction of sp³-hybridized carbons (Fsp3) is 0.818. The zero-order chi connectivity index (χ0) is 11.9. The van der Waals surface area contributed by atoms with Crippen LogP contribution in [-0.2, 0) is 10.3 Å². The molecular weight excluding hydrogens is 238 g/mol.